The lowest BCUT2D eigenvalue weighted by Crippen LogP contribution is -2.30. The highest BCUT2D eigenvalue weighted by Gasteiger charge is 2.33. The monoisotopic (exact) mass is 158 g/mol. The number of rotatable bonds is 1. The molecule has 1 heterocycles. The van der Waals surface area contributed by atoms with Gasteiger partial charge in [0.05, 0.1) is 0 Å². The van der Waals surface area contributed by atoms with Crippen LogP contribution in [0.4, 0.5) is 4.79 Å². The summed E-state index contributed by atoms with van der Waals surface area (Å²) in [5, 5.41) is 9.97. The van der Waals surface area contributed by atoms with Gasteiger partial charge >= 0.3 is 6.16 Å². The lowest BCUT2D eigenvalue weighted by molar-refractivity contribution is -0.177. The van der Waals surface area contributed by atoms with Crippen LogP contribution in [0.2, 0.25) is 0 Å². The molecular weight excluding hydrogens is 154 g/mol. The Kier molecular flexibility index (Phi) is 1.75. The van der Waals surface area contributed by atoms with E-state index in [1.807, 2.05) is 0 Å². The second-order valence-corrected chi connectivity index (χ2v) is 1.92. The molecular formula is C5H4NO5. The molecule has 1 fully saturated rings. The Morgan fingerprint density at radius 2 is 1.73 bits per heavy atom. The van der Waals surface area contributed by atoms with Gasteiger partial charge < -0.3 is 0 Å². The minimum atomic E-state index is -1.91. The summed E-state index contributed by atoms with van der Waals surface area (Å²) in [5.41, 5.74) is 0. The molecule has 11 heavy (non-hydrogen) atoms. The van der Waals surface area contributed by atoms with E-state index < -0.39 is 18.0 Å². The van der Waals surface area contributed by atoms with Gasteiger partial charge in [-0.1, -0.05) is 5.06 Å². The van der Waals surface area contributed by atoms with E-state index in [9.17, 15) is 19.5 Å². The maximum atomic E-state index is 10.6. The molecule has 0 saturated carbocycles. The molecule has 0 aliphatic carbocycles. The molecule has 1 aliphatic rings. The van der Waals surface area contributed by atoms with E-state index >= 15 is 0 Å². The van der Waals surface area contributed by atoms with Crippen molar-refractivity contribution in [3.63, 3.8) is 0 Å². The van der Waals surface area contributed by atoms with E-state index in [1.54, 1.807) is 0 Å². The highest BCUT2D eigenvalue weighted by molar-refractivity contribution is 6.01. The zero-order valence-electron chi connectivity index (χ0n) is 5.40. The van der Waals surface area contributed by atoms with Crippen LogP contribution in [-0.2, 0) is 19.5 Å². The Morgan fingerprint density at radius 3 is 2.09 bits per heavy atom. The highest BCUT2D eigenvalue weighted by Crippen LogP contribution is 2.11. The maximum Gasteiger partial charge on any atom is 0.576 e. The molecule has 0 aromatic carbocycles. The van der Waals surface area contributed by atoms with E-state index in [4.69, 9.17) is 0 Å². The third-order valence-electron chi connectivity index (χ3n) is 1.17. The fraction of sp³-hybridized carbons (Fsp3) is 0.400. The molecule has 0 aromatic rings. The van der Waals surface area contributed by atoms with Crippen LogP contribution in [0.15, 0.2) is 0 Å². The molecule has 1 rings (SSSR count). The molecule has 1 saturated heterocycles. The van der Waals surface area contributed by atoms with Gasteiger partial charge in [0.25, 0.3) is 11.8 Å². The molecule has 59 valence electrons. The van der Waals surface area contributed by atoms with Crippen LogP contribution >= 0.6 is 0 Å². The van der Waals surface area contributed by atoms with E-state index in [0.29, 0.717) is 0 Å². The number of imide groups is 1. The molecule has 1 radical (unpaired) electrons. The summed E-state index contributed by atoms with van der Waals surface area (Å²) in [5.74, 6) is -1.31. The first-order valence-corrected chi connectivity index (χ1v) is 2.86. The summed E-state index contributed by atoms with van der Waals surface area (Å²) in [6.45, 7) is 0. The number of carbonyl (C=O) groups excluding carboxylic acids is 3. The second kappa shape index (κ2) is 2.57. The molecule has 6 nitrogen and oxygen atoms in total. The van der Waals surface area contributed by atoms with Crippen molar-refractivity contribution >= 4 is 18.0 Å². The van der Waals surface area contributed by atoms with Crippen molar-refractivity contribution in [1.29, 1.82) is 0 Å². The quantitative estimate of drug-likeness (QED) is 0.487. The first-order valence-electron chi connectivity index (χ1n) is 2.86. The molecule has 0 atom stereocenters. The van der Waals surface area contributed by atoms with Gasteiger partial charge in [0.1, 0.15) is 0 Å². The van der Waals surface area contributed by atoms with Crippen LogP contribution in [0.5, 0.6) is 0 Å². The molecule has 0 spiro atoms. The van der Waals surface area contributed by atoms with Gasteiger partial charge in [-0.05, 0) is 0 Å². The maximum absolute atomic E-state index is 10.6. The van der Waals surface area contributed by atoms with Gasteiger partial charge in [-0.2, -0.15) is 9.90 Å². The molecule has 0 N–H and O–H groups in total. The van der Waals surface area contributed by atoms with E-state index in [2.05, 4.69) is 4.84 Å². The number of hydroxylamine groups is 2. The highest BCUT2D eigenvalue weighted by atomic mass is 16.8. The topological polar surface area (TPSA) is 83.6 Å². The van der Waals surface area contributed by atoms with Crippen molar-refractivity contribution in [2.24, 2.45) is 0 Å². The minimum absolute atomic E-state index is 0.00782. The fourth-order valence-corrected chi connectivity index (χ4v) is 0.732. The van der Waals surface area contributed by atoms with Crippen molar-refractivity contribution in [1.82, 2.24) is 5.06 Å². The Morgan fingerprint density at radius 1 is 1.27 bits per heavy atom. The van der Waals surface area contributed by atoms with E-state index in [1.165, 1.54) is 0 Å². The third-order valence-corrected chi connectivity index (χ3v) is 1.17. The van der Waals surface area contributed by atoms with Gasteiger partial charge in [-0.25, -0.2) is 0 Å². The lowest BCUT2D eigenvalue weighted by atomic mass is 10.4. The predicted octanol–water partition coefficient (Wildman–Crippen LogP) is -0.383. The molecule has 0 aromatic heterocycles. The SMILES string of the molecule is [O]C(=O)ON1C(=O)CCC1=O. The summed E-state index contributed by atoms with van der Waals surface area (Å²) < 4.78 is 0. The number of nitrogens with zero attached hydrogens (tertiary/aromatic N) is 1. The molecule has 2 amide bonds. The van der Waals surface area contributed by atoms with Crippen LogP contribution in [0.25, 0.3) is 0 Å². The van der Waals surface area contributed by atoms with Crippen LogP contribution < -0.4 is 0 Å². The smallest absolute Gasteiger partial charge is 0.292 e. The first-order chi connectivity index (χ1) is 5.11. The van der Waals surface area contributed by atoms with Gasteiger partial charge in [0.15, 0.2) is 0 Å². The molecule has 0 unspecified atom stereocenters. The summed E-state index contributed by atoms with van der Waals surface area (Å²) in [6, 6.07) is 0. The largest absolute Gasteiger partial charge is 0.576 e. The van der Waals surface area contributed by atoms with Crippen LogP contribution in [0.1, 0.15) is 12.8 Å². The molecule has 0 bridgehead atoms. The van der Waals surface area contributed by atoms with Crippen LogP contribution in [-0.4, -0.2) is 23.0 Å². The van der Waals surface area contributed by atoms with Crippen molar-refractivity contribution in [2.45, 2.75) is 12.8 Å². The van der Waals surface area contributed by atoms with Crippen molar-refractivity contribution in [3.05, 3.63) is 0 Å². The predicted molar refractivity (Wildman–Crippen MR) is 28.3 cm³/mol. The van der Waals surface area contributed by atoms with Crippen molar-refractivity contribution in [3.8, 4) is 0 Å². The minimum Gasteiger partial charge on any atom is -0.292 e. The zero-order valence-corrected chi connectivity index (χ0v) is 5.40. The van der Waals surface area contributed by atoms with Gasteiger partial charge in [-0.3, -0.25) is 14.4 Å². The third kappa shape index (κ3) is 1.46. The van der Waals surface area contributed by atoms with E-state index in [0.717, 1.165) is 0 Å². The average molecular weight is 158 g/mol. The Hall–Kier alpha value is -1.59. The Bertz CT molecular complexity index is 207. The first kappa shape index (κ1) is 7.52. The Labute approximate surface area is 61.3 Å². The van der Waals surface area contributed by atoms with Gasteiger partial charge in [0, 0.05) is 12.8 Å². The average Bonchev–Trinajstić information content (AvgIpc) is 2.18. The van der Waals surface area contributed by atoms with Crippen molar-refractivity contribution in [2.75, 3.05) is 0 Å². The molecule has 6 heteroatoms. The Balaban J connectivity index is 2.62. The van der Waals surface area contributed by atoms with Gasteiger partial charge in [-0.15, -0.1) is 0 Å². The summed E-state index contributed by atoms with van der Waals surface area (Å²) in [6.07, 6.45) is -1.92. The molecule has 1 aliphatic heterocycles. The van der Waals surface area contributed by atoms with E-state index in [-0.39, 0.29) is 17.9 Å². The van der Waals surface area contributed by atoms with Crippen molar-refractivity contribution < 1.29 is 24.3 Å². The summed E-state index contributed by atoms with van der Waals surface area (Å²) in [7, 11) is 0. The second-order valence-electron chi connectivity index (χ2n) is 1.92. The van der Waals surface area contributed by atoms with Gasteiger partial charge in [0.2, 0.25) is 0 Å². The fourth-order valence-electron chi connectivity index (χ4n) is 0.732. The summed E-state index contributed by atoms with van der Waals surface area (Å²) in [4.78, 5) is 34.8. The normalized spacial score (nSPS) is 17.3. The standard InChI is InChI=1S/C5H4NO5/c7-3-1-2-4(8)6(3)11-5(9)10/h1-2H2. The lowest BCUT2D eigenvalue weighted by Gasteiger charge is -2.07. The zero-order chi connectivity index (χ0) is 8.43. The number of amides is 2. The van der Waals surface area contributed by atoms with Crippen LogP contribution in [0.3, 0.4) is 0 Å². The number of carbonyl (C=O) groups is 3. The van der Waals surface area contributed by atoms with Crippen LogP contribution in [0, 0.1) is 0 Å². The summed E-state index contributed by atoms with van der Waals surface area (Å²) >= 11 is 0. The number of hydrogen-bond donors (Lipinski definition) is 0. The number of hydrogen-bond acceptors (Lipinski definition) is 4.